The van der Waals surface area contributed by atoms with Gasteiger partial charge in [0.05, 0.1) is 0 Å². The van der Waals surface area contributed by atoms with Gasteiger partial charge >= 0.3 is 0 Å². The van der Waals surface area contributed by atoms with Crippen molar-refractivity contribution in [1.29, 1.82) is 0 Å². The molecule has 1 aromatic rings. The van der Waals surface area contributed by atoms with Crippen LogP contribution in [0.25, 0.3) is 0 Å². The molecule has 2 rings (SSSR count). The minimum atomic E-state index is -3.37. The Hall–Kier alpha value is -0.470. The normalized spacial score (nSPS) is 21.4. The van der Waals surface area contributed by atoms with Crippen LogP contribution in [0.3, 0.4) is 0 Å². The Labute approximate surface area is 119 Å². The molecule has 19 heavy (non-hydrogen) atoms. The zero-order valence-electron chi connectivity index (χ0n) is 11.4. The molecule has 0 bridgehead atoms. The number of thiophene rings is 1. The first-order chi connectivity index (χ1) is 8.95. The summed E-state index contributed by atoms with van der Waals surface area (Å²) in [5, 5.41) is 0. The van der Waals surface area contributed by atoms with Gasteiger partial charge in [-0.15, -0.1) is 11.3 Å². The largest absolute Gasteiger partial charge is 0.326 e. The molecule has 0 aromatic carbocycles. The first-order valence-corrected chi connectivity index (χ1v) is 8.66. The second kappa shape index (κ2) is 5.88. The molecule has 0 saturated carbocycles. The summed E-state index contributed by atoms with van der Waals surface area (Å²) in [5.41, 5.74) is 5.53. The molecule has 1 fully saturated rings. The van der Waals surface area contributed by atoms with Gasteiger partial charge in [0.2, 0.25) is 0 Å². The Morgan fingerprint density at radius 2 is 2.26 bits per heavy atom. The van der Waals surface area contributed by atoms with E-state index < -0.39 is 10.0 Å². The minimum Gasteiger partial charge on any atom is -0.326 e. The molecule has 2 heterocycles. The van der Waals surface area contributed by atoms with E-state index in [4.69, 9.17) is 5.73 Å². The van der Waals surface area contributed by atoms with Gasteiger partial charge in [-0.2, -0.15) is 4.31 Å². The second-order valence-electron chi connectivity index (χ2n) is 4.99. The third kappa shape index (κ3) is 3.17. The molecule has 0 spiro atoms. The van der Waals surface area contributed by atoms with Gasteiger partial charge in [0.1, 0.15) is 4.21 Å². The molecule has 1 aromatic heterocycles. The summed E-state index contributed by atoms with van der Waals surface area (Å²) >= 11 is 1.26. The summed E-state index contributed by atoms with van der Waals surface area (Å²) in [7, 11) is 0.338. The Balaban J connectivity index is 2.10. The van der Waals surface area contributed by atoms with Gasteiger partial charge in [-0.05, 0) is 38.6 Å². The van der Waals surface area contributed by atoms with Crippen LogP contribution in [0.4, 0.5) is 0 Å². The maximum absolute atomic E-state index is 12.4. The van der Waals surface area contributed by atoms with Crippen molar-refractivity contribution in [3.63, 3.8) is 0 Å². The molecule has 1 unspecified atom stereocenters. The van der Waals surface area contributed by atoms with E-state index in [1.807, 2.05) is 0 Å². The predicted molar refractivity (Wildman–Crippen MR) is 77.7 cm³/mol. The van der Waals surface area contributed by atoms with Crippen LogP contribution >= 0.6 is 11.3 Å². The van der Waals surface area contributed by atoms with Crippen LogP contribution in [0.1, 0.15) is 17.7 Å². The van der Waals surface area contributed by atoms with Crippen LogP contribution in [0.2, 0.25) is 0 Å². The first kappa shape index (κ1) is 14.9. The Morgan fingerprint density at radius 1 is 1.53 bits per heavy atom. The van der Waals surface area contributed by atoms with Gasteiger partial charge in [-0.1, -0.05) is 0 Å². The lowest BCUT2D eigenvalue weighted by Gasteiger charge is -2.24. The fourth-order valence-corrected chi connectivity index (χ4v) is 5.02. The van der Waals surface area contributed by atoms with Gasteiger partial charge in [-0.25, -0.2) is 8.42 Å². The Morgan fingerprint density at radius 3 is 2.79 bits per heavy atom. The number of likely N-dealkylation sites (tertiary alicyclic amines) is 1. The molecule has 1 aliphatic rings. The van der Waals surface area contributed by atoms with E-state index in [2.05, 4.69) is 11.9 Å². The predicted octanol–water partition coefficient (Wildman–Crippen LogP) is 0.921. The van der Waals surface area contributed by atoms with Crippen LogP contribution in [-0.4, -0.2) is 50.8 Å². The van der Waals surface area contributed by atoms with E-state index in [0.29, 0.717) is 23.3 Å². The van der Waals surface area contributed by atoms with E-state index in [0.717, 1.165) is 24.3 Å². The summed E-state index contributed by atoms with van der Waals surface area (Å²) < 4.78 is 26.7. The van der Waals surface area contributed by atoms with E-state index in [1.54, 1.807) is 19.2 Å². The highest BCUT2D eigenvalue weighted by Crippen LogP contribution is 2.25. The second-order valence-corrected chi connectivity index (χ2v) is 8.43. The summed E-state index contributed by atoms with van der Waals surface area (Å²) in [4.78, 5) is 3.12. The monoisotopic (exact) mass is 303 g/mol. The highest BCUT2D eigenvalue weighted by Gasteiger charge is 2.28. The standard InChI is InChI=1S/C12H21N3O2S2/c1-14-7-3-4-10(14)9-15(2)19(16,17)12-6-5-11(8-13)18-12/h5-6,10H,3-4,7-9,13H2,1-2H3. The minimum absolute atomic E-state index is 0.328. The van der Waals surface area contributed by atoms with Crippen LogP contribution < -0.4 is 5.73 Å². The molecule has 0 radical (unpaired) electrons. The maximum atomic E-state index is 12.4. The highest BCUT2D eigenvalue weighted by atomic mass is 32.2. The van der Waals surface area contributed by atoms with Crippen molar-refractivity contribution in [2.75, 3.05) is 27.2 Å². The van der Waals surface area contributed by atoms with Crippen molar-refractivity contribution in [3.05, 3.63) is 17.0 Å². The molecule has 7 heteroatoms. The maximum Gasteiger partial charge on any atom is 0.252 e. The zero-order valence-corrected chi connectivity index (χ0v) is 13.0. The topological polar surface area (TPSA) is 66.6 Å². The van der Waals surface area contributed by atoms with Crippen molar-refractivity contribution >= 4 is 21.4 Å². The van der Waals surface area contributed by atoms with Crippen molar-refractivity contribution in [2.45, 2.75) is 29.6 Å². The van der Waals surface area contributed by atoms with Gasteiger partial charge in [0.25, 0.3) is 10.0 Å². The van der Waals surface area contributed by atoms with Crippen LogP contribution in [0.15, 0.2) is 16.3 Å². The molecule has 0 amide bonds. The zero-order chi connectivity index (χ0) is 14.0. The van der Waals surface area contributed by atoms with Crippen molar-refractivity contribution in [1.82, 2.24) is 9.21 Å². The molecule has 0 aliphatic carbocycles. The van der Waals surface area contributed by atoms with Crippen LogP contribution in [0.5, 0.6) is 0 Å². The number of sulfonamides is 1. The number of likely N-dealkylation sites (N-methyl/N-ethyl adjacent to an activating group) is 2. The third-order valence-corrected chi connectivity index (χ3v) is 7.04. The Kier molecular flexibility index (Phi) is 4.62. The lowest BCUT2D eigenvalue weighted by molar-refractivity contribution is 0.271. The third-order valence-electron chi connectivity index (χ3n) is 3.64. The molecule has 1 saturated heterocycles. The summed E-state index contributed by atoms with van der Waals surface area (Å²) in [5.74, 6) is 0. The number of nitrogens with two attached hydrogens (primary N) is 1. The lowest BCUT2D eigenvalue weighted by atomic mass is 10.2. The Bertz CT molecular complexity index is 527. The molecule has 108 valence electrons. The number of nitrogens with zero attached hydrogens (tertiary/aromatic N) is 2. The molecular formula is C12H21N3O2S2. The summed E-state index contributed by atoms with van der Waals surface area (Å²) in [6.07, 6.45) is 2.21. The van der Waals surface area contributed by atoms with Crippen molar-refractivity contribution in [2.24, 2.45) is 5.73 Å². The lowest BCUT2D eigenvalue weighted by Crippen LogP contribution is -2.39. The van der Waals surface area contributed by atoms with Crippen LogP contribution in [0, 0.1) is 0 Å². The number of hydrogen-bond donors (Lipinski definition) is 1. The first-order valence-electron chi connectivity index (χ1n) is 6.40. The SMILES string of the molecule is CN1CCCC1CN(C)S(=O)(=O)c1ccc(CN)s1. The van der Waals surface area contributed by atoms with Gasteiger partial charge in [-0.3, -0.25) is 0 Å². The molecule has 2 N–H and O–H groups in total. The average Bonchev–Trinajstić information content (AvgIpc) is 2.99. The van der Waals surface area contributed by atoms with E-state index in [1.165, 1.54) is 15.6 Å². The van der Waals surface area contributed by atoms with Gasteiger partial charge in [0.15, 0.2) is 0 Å². The molecule has 1 aliphatic heterocycles. The summed E-state index contributed by atoms with van der Waals surface area (Å²) in [6, 6.07) is 3.76. The molecule has 5 nitrogen and oxygen atoms in total. The van der Waals surface area contributed by atoms with E-state index >= 15 is 0 Å². The quantitative estimate of drug-likeness (QED) is 0.878. The van der Waals surface area contributed by atoms with Crippen molar-refractivity contribution in [3.8, 4) is 0 Å². The fourth-order valence-electron chi connectivity index (χ4n) is 2.37. The fraction of sp³-hybridized carbons (Fsp3) is 0.667. The van der Waals surface area contributed by atoms with Crippen molar-refractivity contribution < 1.29 is 8.42 Å². The van der Waals surface area contributed by atoms with E-state index in [-0.39, 0.29) is 0 Å². The molecule has 1 atom stereocenters. The molecular weight excluding hydrogens is 282 g/mol. The van der Waals surface area contributed by atoms with E-state index in [9.17, 15) is 8.42 Å². The van der Waals surface area contributed by atoms with Gasteiger partial charge < -0.3 is 10.6 Å². The highest BCUT2D eigenvalue weighted by molar-refractivity contribution is 7.91. The van der Waals surface area contributed by atoms with Crippen LogP contribution in [-0.2, 0) is 16.6 Å². The number of rotatable bonds is 5. The smallest absolute Gasteiger partial charge is 0.252 e. The average molecular weight is 303 g/mol. The summed E-state index contributed by atoms with van der Waals surface area (Å²) in [6.45, 7) is 1.98. The number of hydrogen-bond acceptors (Lipinski definition) is 5. The van der Waals surface area contributed by atoms with Gasteiger partial charge in [0, 0.05) is 31.1 Å².